The van der Waals surface area contributed by atoms with E-state index in [2.05, 4.69) is 20.3 Å². The van der Waals surface area contributed by atoms with Gasteiger partial charge in [0.05, 0.1) is 17.1 Å². The first-order valence-electron chi connectivity index (χ1n) is 6.94. The summed E-state index contributed by atoms with van der Waals surface area (Å²) < 4.78 is 0. The lowest BCUT2D eigenvalue weighted by Crippen LogP contribution is -2.07. The molecule has 22 heavy (non-hydrogen) atoms. The van der Waals surface area contributed by atoms with Crippen LogP contribution in [0.15, 0.2) is 36.7 Å². The molecule has 3 N–H and O–H groups in total. The van der Waals surface area contributed by atoms with Crippen LogP contribution in [0.1, 0.15) is 25.5 Å². The van der Waals surface area contributed by atoms with Gasteiger partial charge >= 0.3 is 0 Å². The predicted octanol–water partition coefficient (Wildman–Crippen LogP) is 2.64. The summed E-state index contributed by atoms with van der Waals surface area (Å²) in [6.07, 6.45) is 2.73. The summed E-state index contributed by atoms with van der Waals surface area (Å²) in [5, 5.41) is 12.5. The number of fused-ring (bicyclic) bond motifs is 1. The first kappa shape index (κ1) is 14.2. The molecule has 0 aliphatic heterocycles. The van der Waals surface area contributed by atoms with E-state index in [9.17, 15) is 9.90 Å². The van der Waals surface area contributed by atoms with Gasteiger partial charge in [-0.15, -0.1) is 0 Å². The molecule has 3 heterocycles. The van der Waals surface area contributed by atoms with Gasteiger partial charge in [-0.1, -0.05) is 0 Å². The number of carbonyl (C=O) groups excluding carboxylic acids is 1. The molecule has 0 aromatic carbocycles. The Hall–Kier alpha value is -2.73. The van der Waals surface area contributed by atoms with Gasteiger partial charge in [0.25, 0.3) is 0 Å². The Morgan fingerprint density at radius 2 is 2.05 bits per heavy atom. The van der Waals surface area contributed by atoms with E-state index >= 15 is 0 Å². The number of carbonyl (C=O) groups is 1. The molecular weight excluding hydrogens is 280 g/mol. The first-order valence-corrected chi connectivity index (χ1v) is 6.94. The Bertz CT molecular complexity index is 839. The number of aliphatic hydroxyl groups excluding tert-OH is 1. The van der Waals surface area contributed by atoms with Crippen LogP contribution in [-0.4, -0.2) is 26.0 Å². The van der Waals surface area contributed by atoms with Gasteiger partial charge in [0, 0.05) is 36.1 Å². The molecule has 1 amide bonds. The smallest absolute Gasteiger partial charge is 0.222 e. The van der Waals surface area contributed by atoms with Crippen LogP contribution in [0.25, 0.3) is 22.3 Å². The maximum atomic E-state index is 11.1. The molecule has 112 valence electrons. The van der Waals surface area contributed by atoms with E-state index in [1.807, 2.05) is 12.1 Å². The summed E-state index contributed by atoms with van der Waals surface area (Å²) >= 11 is 0. The van der Waals surface area contributed by atoms with Crippen LogP contribution in [0.3, 0.4) is 0 Å². The average molecular weight is 296 g/mol. The first-order chi connectivity index (χ1) is 10.5. The van der Waals surface area contributed by atoms with Crippen LogP contribution in [0, 0.1) is 0 Å². The third-order valence-corrected chi connectivity index (χ3v) is 3.38. The average Bonchev–Trinajstić information content (AvgIpc) is 2.90. The second-order valence-electron chi connectivity index (χ2n) is 5.13. The number of aromatic nitrogens is 3. The second-order valence-corrected chi connectivity index (χ2v) is 5.13. The molecule has 6 nitrogen and oxygen atoms in total. The highest BCUT2D eigenvalue weighted by Gasteiger charge is 2.11. The minimum atomic E-state index is -0.579. The van der Waals surface area contributed by atoms with Gasteiger partial charge in [-0.25, -0.2) is 4.98 Å². The molecule has 0 bridgehead atoms. The molecule has 0 saturated carbocycles. The number of nitrogens with one attached hydrogen (secondary N) is 2. The maximum Gasteiger partial charge on any atom is 0.222 e. The number of rotatable bonds is 3. The Morgan fingerprint density at radius 1 is 1.27 bits per heavy atom. The molecule has 0 radical (unpaired) electrons. The van der Waals surface area contributed by atoms with Gasteiger partial charge in [-0.2, -0.15) is 0 Å². The van der Waals surface area contributed by atoms with E-state index in [0.717, 1.165) is 27.9 Å². The van der Waals surface area contributed by atoms with E-state index in [-0.39, 0.29) is 5.91 Å². The largest absolute Gasteiger partial charge is 0.389 e. The van der Waals surface area contributed by atoms with E-state index < -0.39 is 6.10 Å². The summed E-state index contributed by atoms with van der Waals surface area (Å²) in [5.41, 5.74) is 4.13. The molecule has 0 aliphatic carbocycles. The Kier molecular flexibility index (Phi) is 3.60. The highest BCUT2D eigenvalue weighted by Crippen LogP contribution is 2.28. The van der Waals surface area contributed by atoms with Crippen LogP contribution in [0.5, 0.6) is 0 Å². The maximum absolute atomic E-state index is 11.1. The lowest BCUT2D eigenvalue weighted by Gasteiger charge is -2.05. The summed E-state index contributed by atoms with van der Waals surface area (Å²) in [6.45, 7) is 3.16. The molecule has 3 rings (SSSR count). The highest BCUT2D eigenvalue weighted by atomic mass is 16.3. The number of nitrogens with zero attached hydrogens (tertiary/aromatic N) is 2. The minimum absolute atomic E-state index is 0.167. The van der Waals surface area contributed by atoms with E-state index in [0.29, 0.717) is 5.82 Å². The number of anilines is 1. The zero-order chi connectivity index (χ0) is 15.7. The second kappa shape index (κ2) is 5.57. The molecular formula is C16H16N4O2. The lowest BCUT2D eigenvalue weighted by molar-refractivity contribution is -0.114. The van der Waals surface area contributed by atoms with Crippen LogP contribution in [0.4, 0.5) is 5.82 Å². The van der Waals surface area contributed by atoms with Crippen LogP contribution in [0.2, 0.25) is 0 Å². The fraction of sp³-hybridized carbons (Fsp3) is 0.188. The quantitative estimate of drug-likeness (QED) is 0.693. The van der Waals surface area contributed by atoms with Crippen molar-refractivity contribution < 1.29 is 9.90 Å². The SMILES string of the molecule is CC(=O)Nc1cc(-c2cc3nccc(C(C)O)c3[nH]2)ccn1. The van der Waals surface area contributed by atoms with Crippen LogP contribution < -0.4 is 5.32 Å². The number of hydrogen-bond donors (Lipinski definition) is 3. The molecule has 0 saturated heterocycles. The number of hydrogen-bond acceptors (Lipinski definition) is 4. The zero-order valence-electron chi connectivity index (χ0n) is 12.3. The Labute approximate surface area is 127 Å². The fourth-order valence-corrected chi connectivity index (χ4v) is 2.40. The van der Waals surface area contributed by atoms with Crippen molar-refractivity contribution in [2.45, 2.75) is 20.0 Å². The Balaban J connectivity index is 2.07. The van der Waals surface area contributed by atoms with Crippen molar-refractivity contribution in [3.05, 3.63) is 42.2 Å². The summed E-state index contributed by atoms with van der Waals surface area (Å²) in [6, 6.07) is 7.34. The third kappa shape index (κ3) is 2.68. The molecule has 3 aromatic rings. The van der Waals surface area contributed by atoms with Crippen molar-refractivity contribution in [3.8, 4) is 11.3 Å². The zero-order valence-corrected chi connectivity index (χ0v) is 12.3. The van der Waals surface area contributed by atoms with Crippen LogP contribution >= 0.6 is 0 Å². The highest BCUT2D eigenvalue weighted by molar-refractivity contribution is 5.89. The van der Waals surface area contributed by atoms with Gasteiger partial charge in [-0.3, -0.25) is 9.78 Å². The minimum Gasteiger partial charge on any atom is -0.389 e. The van der Waals surface area contributed by atoms with Crippen molar-refractivity contribution in [2.75, 3.05) is 5.32 Å². The number of aromatic amines is 1. The molecule has 3 aromatic heterocycles. The predicted molar refractivity (Wildman–Crippen MR) is 84.3 cm³/mol. The van der Waals surface area contributed by atoms with Crippen LogP contribution in [-0.2, 0) is 4.79 Å². The van der Waals surface area contributed by atoms with Crippen molar-refractivity contribution in [3.63, 3.8) is 0 Å². The van der Waals surface area contributed by atoms with Crippen molar-refractivity contribution >= 4 is 22.8 Å². The molecule has 0 aliphatic rings. The van der Waals surface area contributed by atoms with Gasteiger partial charge < -0.3 is 15.4 Å². The molecule has 0 spiro atoms. The fourth-order valence-electron chi connectivity index (χ4n) is 2.40. The number of pyridine rings is 2. The Morgan fingerprint density at radius 3 is 2.77 bits per heavy atom. The normalized spacial score (nSPS) is 12.3. The summed E-state index contributed by atoms with van der Waals surface area (Å²) in [7, 11) is 0. The van der Waals surface area contributed by atoms with Gasteiger partial charge in [-0.05, 0) is 31.2 Å². The standard InChI is InChI=1S/C16H16N4O2/c1-9(21)12-4-6-17-14-8-13(20-16(12)14)11-3-5-18-15(7-11)19-10(2)22/h3-9,20-21H,1-2H3,(H,18,19,22). The van der Waals surface area contributed by atoms with Crippen molar-refractivity contribution in [1.82, 2.24) is 15.0 Å². The summed E-state index contributed by atoms with van der Waals surface area (Å²) in [4.78, 5) is 22.8. The molecule has 1 atom stereocenters. The summed E-state index contributed by atoms with van der Waals surface area (Å²) in [5.74, 6) is 0.326. The van der Waals surface area contributed by atoms with E-state index in [1.54, 1.807) is 31.5 Å². The number of H-pyrrole nitrogens is 1. The molecule has 1 unspecified atom stereocenters. The van der Waals surface area contributed by atoms with E-state index in [4.69, 9.17) is 0 Å². The van der Waals surface area contributed by atoms with Gasteiger partial charge in [0.1, 0.15) is 5.82 Å². The van der Waals surface area contributed by atoms with Gasteiger partial charge in [0.2, 0.25) is 5.91 Å². The van der Waals surface area contributed by atoms with Crippen molar-refractivity contribution in [2.24, 2.45) is 0 Å². The number of amides is 1. The molecule has 6 heteroatoms. The van der Waals surface area contributed by atoms with E-state index in [1.165, 1.54) is 6.92 Å². The van der Waals surface area contributed by atoms with Gasteiger partial charge in [0.15, 0.2) is 0 Å². The molecule has 0 fully saturated rings. The topological polar surface area (TPSA) is 90.9 Å². The monoisotopic (exact) mass is 296 g/mol. The number of aliphatic hydroxyl groups is 1. The lowest BCUT2D eigenvalue weighted by atomic mass is 10.1. The van der Waals surface area contributed by atoms with Crippen molar-refractivity contribution in [1.29, 1.82) is 0 Å². The third-order valence-electron chi connectivity index (χ3n) is 3.38.